The van der Waals surface area contributed by atoms with Crippen LogP contribution in [0.4, 0.5) is 5.69 Å². The zero-order valence-corrected chi connectivity index (χ0v) is 12.4. The first-order valence-corrected chi connectivity index (χ1v) is 7.38. The lowest BCUT2D eigenvalue weighted by Crippen LogP contribution is -2.20. The molecule has 0 aromatic heterocycles. The Balaban J connectivity index is 2.04. The van der Waals surface area contributed by atoms with Crippen LogP contribution >= 0.6 is 15.9 Å². The smallest absolute Gasteiger partial charge is 0.0476 e. The number of anilines is 1. The van der Waals surface area contributed by atoms with Gasteiger partial charge in [-0.05, 0) is 30.7 Å². The summed E-state index contributed by atoms with van der Waals surface area (Å²) in [6, 6.07) is 6.54. The average molecular weight is 313 g/mol. The van der Waals surface area contributed by atoms with Crippen molar-refractivity contribution in [2.45, 2.75) is 19.9 Å². The summed E-state index contributed by atoms with van der Waals surface area (Å²) >= 11 is 3.64. The van der Waals surface area contributed by atoms with Crippen molar-refractivity contribution < 1.29 is 5.11 Å². The van der Waals surface area contributed by atoms with Gasteiger partial charge in [-0.3, -0.25) is 0 Å². The summed E-state index contributed by atoms with van der Waals surface area (Å²) in [7, 11) is 0. The Morgan fingerprint density at radius 1 is 1.50 bits per heavy atom. The van der Waals surface area contributed by atoms with Crippen molar-refractivity contribution in [3.63, 3.8) is 0 Å². The van der Waals surface area contributed by atoms with Gasteiger partial charge in [0, 0.05) is 42.3 Å². The minimum atomic E-state index is 0.302. The van der Waals surface area contributed by atoms with E-state index in [9.17, 15) is 5.11 Å². The Morgan fingerprint density at radius 3 is 2.94 bits per heavy atom. The second-order valence-electron chi connectivity index (χ2n) is 4.84. The summed E-state index contributed by atoms with van der Waals surface area (Å²) in [4.78, 5) is 2.35. The number of rotatable bonds is 5. The van der Waals surface area contributed by atoms with E-state index in [1.165, 1.54) is 11.3 Å². The summed E-state index contributed by atoms with van der Waals surface area (Å²) in [6.45, 7) is 6.31. The minimum Gasteiger partial charge on any atom is -0.396 e. The Kier molecular flexibility index (Phi) is 5.03. The van der Waals surface area contributed by atoms with Crippen LogP contribution in [0.3, 0.4) is 0 Å². The van der Waals surface area contributed by atoms with Crippen molar-refractivity contribution in [2.24, 2.45) is 5.92 Å². The van der Waals surface area contributed by atoms with Gasteiger partial charge in [-0.15, -0.1) is 0 Å². The van der Waals surface area contributed by atoms with Crippen molar-refractivity contribution in [3.05, 3.63) is 28.2 Å². The van der Waals surface area contributed by atoms with Crippen molar-refractivity contribution in [1.29, 1.82) is 0 Å². The fourth-order valence-corrected chi connectivity index (χ4v) is 2.86. The molecule has 1 aromatic carbocycles. The average Bonchev–Trinajstić information content (AvgIpc) is 2.86. The van der Waals surface area contributed by atoms with E-state index in [4.69, 9.17) is 0 Å². The maximum atomic E-state index is 9.18. The van der Waals surface area contributed by atoms with Crippen LogP contribution < -0.4 is 10.2 Å². The summed E-state index contributed by atoms with van der Waals surface area (Å²) in [5.74, 6) is 0.435. The quantitative estimate of drug-likeness (QED) is 0.876. The van der Waals surface area contributed by atoms with Gasteiger partial charge < -0.3 is 15.3 Å². The molecule has 1 heterocycles. The van der Waals surface area contributed by atoms with Gasteiger partial charge in [-0.1, -0.05) is 28.9 Å². The first-order chi connectivity index (χ1) is 8.74. The molecule has 4 heteroatoms. The molecule has 0 amide bonds. The van der Waals surface area contributed by atoms with Gasteiger partial charge >= 0.3 is 0 Å². The number of hydrogen-bond acceptors (Lipinski definition) is 3. The topological polar surface area (TPSA) is 35.5 Å². The van der Waals surface area contributed by atoms with E-state index < -0.39 is 0 Å². The molecule has 0 radical (unpaired) electrons. The SMILES string of the molecule is CCNCc1ccc(N2CCC(CO)C2)cc1Br. The van der Waals surface area contributed by atoms with E-state index in [0.717, 1.165) is 37.1 Å². The fraction of sp³-hybridized carbons (Fsp3) is 0.571. The van der Waals surface area contributed by atoms with E-state index >= 15 is 0 Å². The maximum absolute atomic E-state index is 9.18. The zero-order chi connectivity index (χ0) is 13.0. The third-order valence-corrected chi connectivity index (χ3v) is 4.25. The van der Waals surface area contributed by atoms with Gasteiger partial charge in [0.05, 0.1) is 0 Å². The van der Waals surface area contributed by atoms with E-state index in [2.05, 4.69) is 51.3 Å². The van der Waals surface area contributed by atoms with Gasteiger partial charge in [0.2, 0.25) is 0 Å². The molecule has 100 valence electrons. The Labute approximate surface area is 117 Å². The van der Waals surface area contributed by atoms with Crippen LogP contribution in [0.1, 0.15) is 18.9 Å². The Hall–Kier alpha value is -0.580. The summed E-state index contributed by atoms with van der Waals surface area (Å²) < 4.78 is 1.16. The van der Waals surface area contributed by atoms with E-state index in [0.29, 0.717) is 12.5 Å². The van der Waals surface area contributed by atoms with Crippen LogP contribution in [0.15, 0.2) is 22.7 Å². The highest BCUT2D eigenvalue weighted by molar-refractivity contribution is 9.10. The monoisotopic (exact) mass is 312 g/mol. The molecule has 3 nitrogen and oxygen atoms in total. The highest BCUT2D eigenvalue weighted by atomic mass is 79.9. The molecular formula is C14H21BrN2O. The van der Waals surface area contributed by atoms with Crippen LogP contribution in [0.5, 0.6) is 0 Å². The molecule has 2 N–H and O–H groups in total. The number of aliphatic hydroxyl groups is 1. The van der Waals surface area contributed by atoms with Crippen LogP contribution in [-0.2, 0) is 6.54 Å². The third-order valence-electron chi connectivity index (χ3n) is 3.51. The highest BCUT2D eigenvalue weighted by Gasteiger charge is 2.22. The predicted octanol–water partition coefficient (Wildman–Crippen LogP) is 2.38. The number of halogens is 1. The number of nitrogens with zero attached hydrogens (tertiary/aromatic N) is 1. The van der Waals surface area contributed by atoms with Crippen molar-refractivity contribution in [3.8, 4) is 0 Å². The van der Waals surface area contributed by atoms with Gasteiger partial charge in [-0.2, -0.15) is 0 Å². The third kappa shape index (κ3) is 3.25. The Bertz CT molecular complexity index is 397. The fourth-order valence-electron chi connectivity index (χ4n) is 2.35. The molecular weight excluding hydrogens is 292 g/mol. The molecule has 1 unspecified atom stereocenters. The standard InChI is InChI=1S/C14H21BrN2O/c1-2-16-8-12-3-4-13(7-14(12)15)17-6-5-11(9-17)10-18/h3-4,7,11,16,18H,2,5-6,8-10H2,1H3. The first-order valence-electron chi connectivity index (χ1n) is 6.59. The van der Waals surface area contributed by atoms with Crippen LogP contribution in [0, 0.1) is 5.92 Å². The lowest BCUT2D eigenvalue weighted by Gasteiger charge is -2.19. The first kappa shape index (κ1) is 13.8. The number of hydrogen-bond donors (Lipinski definition) is 2. The van der Waals surface area contributed by atoms with E-state index in [-0.39, 0.29) is 0 Å². The van der Waals surface area contributed by atoms with E-state index in [1.54, 1.807) is 0 Å². The summed E-state index contributed by atoms with van der Waals surface area (Å²) in [6.07, 6.45) is 1.09. The Morgan fingerprint density at radius 2 is 2.33 bits per heavy atom. The molecule has 1 aliphatic rings. The largest absolute Gasteiger partial charge is 0.396 e. The lowest BCUT2D eigenvalue weighted by molar-refractivity contribution is 0.238. The normalized spacial score (nSPS) is 19.5. The molecule has 1 aliphatic heterocycles. The molecule has 1 saturated heterocycles. The van der Waals surface area contributed by atoms with Crippen LogP contribution in [0.25, 0.3) is 0 Å². The van der Waals surface area contributed by atoms with Crippen LogP contribution in [0.2, 0.25) is 0 Å². The second kappa shape index (κ2) is 6.55. The van der Waals surface area contributed by atoms with Crippen molar-refractivity contribution >= 4 is 21.6 Å². The molecule has 1 atom stereocenters. The summed E-state index contributed by atoms with van der Waals surface area (Å²) in [5.41, 5.74) is 2.54. The molecule has 1 fully saturated rings. The summed E-state index contributed by atoms with van der Waals surface area (Å²) in [5, 5.41) is 12.5. The molecule has 2 rings (SSSR count). The molecule has 0 saturated carbocycles. The lowest BCUT2D eigenvalue weighted by atomic mass is 10.1. The predicted molar refractivity (Wildman–Crippen MR) is 78.9 cm³/mol. The molecule has 0 aliphatic carbocycles. The molecule has 0 bridgehead atoms. The van der Waals surface area contributed by atoms with E-state index in [1.807, 2.05) is 0 Å². The minimum absolute atomic E-state index is 0.302. The molecule has 18 heavy (non-hydrogen) atoms. The number of aliphatic hydroxyl groups excluding tert-OH is 1. The number of nitrogens with one attached hydrogen (secondary N) is 1. The highest BCUT2D eigenvalue weighted by Crippen LogP contribution is 2.28. The van der Waals surface area contributed by atoms with Gasteiger partial charge in [0.1, 0.15) is 0 Å². The number of benzene rings is 1. The molecule has 0 spiro atoms. The van der Waals surface area contributed by atoms with Gasteiger partial charge in [-0.25, -0.2) is 0 Å². The van der Waals surface area contributed by atoms with Crippen LogP contribution in [-0.4, -0.2) is 31.3 Å². The molecule has 1 aromatic rings. The van der Waals surface area contributed by atoms with Gasteiger partial charge in [0.25, 0.3) is 0 Å². The van der Waals surface area contributed by atoms with Crippen molar-refractivity contribution in [1.82, 2.24) is 5.32 Å². The maximum Gasteiger partial charge on any atom is 0.0476 e. The van der Waals surface area contributed by atoms with Crippen molar-refractivity contribution in [2.75, 3.05) is 31.1 Å². The second-order valence-corrected chi connectivity index (χ2v) is 5.69. The zero-order valence-electron chi connectivity index (χ0n) is 10.8. The van der Waals surface area contributed by atoms with Gasteiger partial charge in [0.15, 0.2) is 0 Å².